The fourth-order valence-corrected chi connectivity index (χ4v) is 1.08. The normalized spacial score (nSPS) is 29.3. The van der Waals surface area contributed by atoms with Gasteiger partial charge in [0.2, 0.25) is 0 Å². The van der Waals surface area contributed by atoms with E-state index in [2.05, 4.69) is 4.74 Å². The van der Waals surface area contributed by atoms with Gasteiger partial charge in [0, 0.05) is 13.5 Å². The topological polar surface area (TPSA) is 9.23 Å². The highest BCUT2D eigenvalue weighted by molar-refractivity contribution is 5.20. The van der Waals surface area contributed by atoms with Gasteiger partial charge in [-0.05, 0) is 6.08 Å². The minimum absolute atomic E-state index is 0.149. The van der Waals surface area contributed by atoms with Crippen molar-refractivity contribution in [3.8, 4) is 0 Å². The molecule has 0 amide bonds. The van der Waals surface area contributed by atoms with Crippen LogP contribution in [0.2, 0.25) is 0 Å². The fraction of sp³-hybridized carbons (Fsp3) is 0.500. The van der Waals surface area contributed by atoms with E-state index in [9.17, 15) is 13.2 Å². The van der Waals surface area contributed by atoms with Crippen LogP contribution in [0.3, 0.4) is 0 Å². The molecule has 1 atom stereocenters. The first-order valence-corrected chi connectivity index (χ1v) is 3.48. The molecule has 68 valence electrons. The summed E-state index contributed by atoms with van der Waals surface area (Å²) in [4.78, 5) is 0. The molecule has 1 unspecified atom stereocenters. The van der Waals surface area contributed by atoms with E-state index in [1.807, 2.05) is 0 Å². The molecule has 0 saturated heterocycles. The Balaban J connectivity index is 2.91. The summed E-state index contributed by atoms with van der Waals surface area (Å²) in [6.45, 7) is 0. The van der Waals surface area contributed by atoms with Crippen LogP contribution >= 0.6 is 0 Å². The van der Waals surface area contributed by atoms with Crippen molar-refractivity contribution >= 4 is 0 Å². The van der Waals surface area contributed by atoms with Gasteiger partial charge in [-0.1, -0.05) is 18.2 Å². The van der Waals surface area contributed by atoms with Crippen LogP contribution in [0.4, 0.5) is 13.2 Å². The third kappa shape index (κ3) is 1.39. The van der Waals surface area contributed by atoms with Crippen molar-refractivity contribution in [2.24, 2.45) is 0 Å². The largest absolute Gasteiger partial charge is 0.421 e. The second-order valence-corrected chi connectivity index (χ2v) is 2.58. The molecule has 0 heterocycles. The van der Waals surface area contributed by atoms with Gasteiger partial charge in [0.25, 0.3) is 0 Å². The van der Waals surface area contributed by atoms with E-state index in [0.717, 1.165) is 13.2 Å². The molecule has 0 spiro atoms. The lowest BCUT2D eigenvalue weighted by molar-refractivity contribution is -0.248. The maximum atomic E-state index is 12.4. The molecule has 0 aromatic heterocycles. The highest BCUT2D eigenvalue weighted by Crippen LogP contribution is 2.38. The quantitative estimate of drug-likeness (QED) is 0.599. The fourth-order valence-electron chi connectivity index (χ4n) is 1.08. The Bertz CT molecular complexity index is 217. The van der Waals surface area contributed by atoms with Gasteiger partial charge in [-0.3, -0.25) is 0 Å². The number of hydrogen-bond donors (Lipinski definition) is 0. The molecule has 1 nitrogen and oxygen atoms in total. The summed E-state index contributed by atoms with van der Waals surface area (Å²) in [5.74, 6) is 0. The Morgan fingerprint density at radius 1 is 1.33 bits per heavy atom. The van der Waals surface area contributed by atoms with Gasteiger partial charge in [0.15, 0.2) is 5.60 Å². The van der Waals surface area contributed by atoms with Crippen LogP contribution in [-0.4, -0.2) is 18.9 Å². The maximum Gasteiger partial charge on any atom is 0.421 e. The second kappa shape index (κ2) is 2.94. The third-order valence-corrected chi connectivity index (χ3v) is 1.88. The second-order valence-electron chi connectivity index (χ2n) is 2.58. The van der Waals surface area contributed by atoms with E-state index in [4.69, 9.17) is 0 Å². The highest BCUT2D eigenvalue weighted by Gasteiger charge is 2.53. The van der Waals surface area contributed by atoms with Gasteiger partial charge in [-0.2, -0.15) is 13.2 Å². The summed E-state index contributed by atoms with van der Waals surface area (Å²) in [7, 11) is 1.07. The van der Waals surface area contributed by atoms with Crippen molar-refractivity contribution in [1.82, 2.24) is 0 Å². The average molecular weight is 178 g/mol. The molecule has 0 saturated carbocycles. The van der Waals surface area contributed by atoms with Crippen molar-refractivity contribution in [2.75, 3.05) is 7.11 Å². The molecule has 0 bridgehead atoms. The van der Waals surface area contributed by atoms with Crippen LogP contribution in [0, 0.1) is 0 Å². The van der Waals surface area contributed by atoms with E-state index >= 15 is 0 Å². The first-order chi connectivity index (χ1) is 5.52. The minimum atomic E-state index is -4.34. The number of halogens is 3. The average Bonchev–Trinajstić information content (AvgIpc) is 2.04. The van der Waals surface area contributed by atoms with E-state index in [1.54, 1.807) is 6.08 Å². The minimum Gasteiger partial charge on any atom is -0.364 e. The van der Waals surface area contributed by atoms with Crippen LogP contribution in [-0.2, 0) is 4.74 Å². The summed E-state index contributed by atoms with van der Waals surface area (Å²) in [5, 5.41) is 0. The number of allylic oxidation sites excluding steroid dienone is 2. The summed E-state index contributed by atoms with van der Waals surface area (Å²) < 4.78 is 41.6. The molecular formula is C8H9F3O. The number of rotatable bonds is 1. The number of ether oxygens (including phenoxy) is 1. The Kier molecular flexibility index (Phi) is 2.28. The molecule has 4 heteroatoms. The summed E-state index contributed by atoms with van der Waals surface area (Å²) >= 11 is 0. The molecule has 0 fully saturated rings. The zero-order valence-corrected chi connectivity index (χ0v) is 6.56. The van der Waals surface area contributed by atoms with Crippen molar-refractivity contribution in [3.05, 3.63) is 24.3 Å². The molecule has 1 aliphatic rings. The van der Waals surface area contributed by atoms with Crippen LogP contribution in [0.25, 0.3) is 0 Å². The van der Waals surface area contributed by atoms with Crippen molar-refractivity contribution in [1.29, 1.82) is 0 Å². The van der Waals surface area contributed by atoms with Crippen molar-refractivity contribution in [3.63, 3.8) is 0 Å². The first-order valence-electron chi connectivity index (χ1n) is 3.48. The molecule has 1 rings (SSSR count). The maximum absolute atomic E-state index is 12.4. The van der Waals surface area contributed by atoms with Gasteiger partial charge in [0.05, 0.1) is 0 Å². The first kappa shape index (κ1) is 9.32. The summed E-state index contributed by atoms with van der Waals surface area (Å²) in [6, 6.07) is 0. The van der Waals surface area contributed by atoms with Crippen molar-refractivity contribution < 1.29 is 17.9 Å². The smallest absolute Gasteiger partial charge is 0.364 e. The standard InChI is InChI=1S/C8H9F3O/c1-12-7(8(9,10)11)5-3-2-4-6-7/h2-5H,6H2,1H3. The Hall–Kier alpha value is -0.770. The third-order valence-electron chi connectivity index (χ3n) is 1.88. The van der Waals surface area contributed by atoms with Gasteiger partial charge < -0.3 is 4.74 Å². The SMILES string of the molecule is COC1(C(F)(F)F)C=CC=CC1. The van der Waals surface area contributed by atoms with Crippen molar-refractivity contribution in [2.45, 2.75) is 18.2 Å². The number of hydrogen-bond acceptors (Lipinski definition) is 1. The molecule has 1 aliphatic carbocycles. The Morgan fingerprint density at radius 2 is 2.00 bits per heavy atom. The van der Waals surface area contributed by atoms with Gasteiger partial charge >= 0.3 is 6.18 Å². The lowest BCUT2D eigenvalue weighted by Gasteiger charge is -2.31. The predicted molar refractivity (Wildman–Crippen MR) is 38.7 cm³/mol. The Morgan fingerprint density at radius 3 is 2.25 bits per heavy atom. The zero-order chi connectivity index (χ0) is 9.24. The van der Waals surface area contributed by atoms with Crippen LogP contribution in [0.1, 0.15) is 6.42 Å². The van der Waals surface area contributed by atoms with Crippen LogP contribution in [0.5, 0.6) is 0 Å². The van der Waals surface area contributed by atoms with E-state index in [-0.39, 0.29) is 6.42 Å². The zero-order valence-electron chi connectivity index (χ0n) is 6.56. The monoisotopic (exact) mass is 178 g/mol. The number of methoxy groups -OCH3 is 1. The molecule has 0 radical (unpaired) electrons. The lowest BCUT2D eigenvalue weighted by atomic mass is 9.94. The lowest BCUT2D eigenvalue weighted by Crippen LogP contribution is -2.45. The predicted octanol–water partition coefficient (Wildman–Crippen LogP) is 2.45. The molecule has 0 aliphatic heterocycles. The van der Waals surface area contributed by atoms with Crippen LogP contribution in [0.15, 0.2) is 24.3 Å². The molecule has 0 aromatic rings. The van der Waals surface area contributed by atoms with Gasteiger partial charge in [-0.15, -0.1) is 0 Å². The molecule has 12 heavy (non-hydrogen) atoms. The number of alkyl halides is 3. The van der Waals surface area contributed by atoms with Gasteiger partial charge in [-0.25, -0.2) is 0 Å². The molecule has 0 N–H and O–H groups in total. The molecular weight excluding hydrogens is 169 g/mol. The van der Waals surface area contributed by atoms with E-state index in [1.165, 1.54) is 12.2 Å². The highest BCUT2D eigenvalue weighted by atomic mass is 19.4. The van der Waals surface area contributed by atoms with Crippen LogP contribution < -0.4 is 0 Å². The summed E-state index contributed by atoms with van der Waals surface area (Å²) in [5.41, 5.74) is -2.11. The van der Waals surface area contributed by atoms with Gasteiger partial charge in [0.1, 0.15) is 0 Å². The molecule has 0 aromatic carbocycles. The van der Waals surface area contributed by atoms with E-state index < -0.39 is 11.8 Å². The summed E-state index contributed by atoms with van der Waals surface area (Å²) in [6.07, 6.45) is 0.903. The Labute approximate surface area is 68.5 Å². The van der Waals surface area contributed by atoms with E-state index in [0.29, 0.717) is 0 Å².